The maximum atomic E-state index is 13.4. The third-order valence-electron chi connectivity index (χ3n) is 5.92. The van der Waals surface area contributed by atoms with Gasteiger partial charge in [0.1, 0.15) is 5.75 Å². The van der Waals surface area contributed by atoms with Crippen molar-refractivity contribution in [3.05, 3.63) is 89.6 Å². The molecule has 36 heavy (non-hydrogen) atoms. The van der Waals surface area contributed by atoms with E-state index < -0.39 is 12.0 Å². The number of amides is 1. The topological polar surface area (TPSA) is 101 Å². The number of methoxy groups -OCH3 is 1. The van der Waals surface area contributed by atoms with Gasteiger partial charge in [0.15, 0.2) is 0 Å². The largest absolute Gasteiger partial charge is 0.490 e. The molecule has 4 rings (SSSR count). The van der Waals surface area contributed by atoms with E-state index in [0.717, 1.165) is 27.6 Å². The SMILES string of the molecule is COC(=O)c1ccc(-c2ccc(OC(C)C)c(C(=O)N[C@@H](CO)Cc3c[nH]c4ccccc34)c2)cc1. The van der Waals surface area contributed by atoms with Crippen molar-refractivity contribution in [3.8, 4) is 16.9 Å². The molecule has 1 amide bonds. The fraction of sp³-hybridized carbons (Fsp3) is 0.241. The highest BCUT2D eigenvalue weighted by atomic mass is 16.5. The zero-order chi connectivity index (χ0) is 25.7. The minimum Gasteiger partial charge on any atom is -0.490 e. The Hall–Kier alpha value is -4.10. The number of benzene rings is 3. The minimum atomic E-state index is -0.480. The number of carbonyl (C=O) groups is 2. The number of aromatic amines is 1. The van der Waals surface area contributed by atoms with Crippen LogP contribution in [0.2, 0.25) is 0 Å². The first-order chi connectivity index (χ1) is 17.4. The van der Waals surface area contributed by atoms with E-state index in [1.807, 2.05) is 50.4 Å². The Balaban J connectivity index is 1.59. The third-order valence-corrected chi connectivity index (χ3v) is 5.92. The summed E-state index contributed by atoms with van der Waals surface area (Å²) in [6.07, 6.45) is 2.26. The molecule has 7 heteroatoms. The lowest BCUT2D eigenvalue weighted by atomic mass is 10.00. The van der Waals surface area contributed by atoms with Gasteiger partial charge in [-0.05, 0) is 67.3 Å². The number of H-pyrrole nitrogens is 1. The fourth-order valence-corrected chi connectivity index (χ4v) is 4.15. The van der Waals surface area contributed by atoms with Crippen LogP contribution in [-0.4, -0.2) is 47.8 Å². The van der Waals surface area contributed by atoms with Gasteiger partial charge in [0, 0.05) is 17.1 Å². The van der Waals surface area contributed by atoms with Crippen molar-refractivity contribution in [2.24, 2.45) is 0 Å². The number of ether oxygens (including phenoxy) is 2. The Labute approximate surface area is 210 Å². The summed E-state index contributed by atoms with van der Waals surface area (Å²) in [6.45, 7) is 3.59. The number of aliphatic hydroxyl groups is 1. The number of hydrogen-bond donors (Lipinski definition) is 3. The van der Waals surface area contributed by atoms with E-state index in [-0.39, 0.29) is 18.6 Å². The second kappa shape index (κ2) is 11.1. The van der Waals surface area contributed by atoms with Crippen LogP contribution < -0.4 is 10.1 Å². The molecule has 0 aliphatic rings. The molecule has 0 spiro atoms. The third kappa shape index (κ3) is 5.58. The first-order valence-corrected chi connectivity index (χ1v) is 11.9. The van der Waals surface area contributed by atoms with Gasteiger partial charge in [-0.1, -0.05) is 36.4 Å². The maximum Gasteiger partial charge on any atom is 0.337 e. The second-order valence-electron chi connectivity index (χ2n) is 8.86. The van der Waals surface area contributed by atoms with Gasteiger partial charge in [-0.25, -0.2) is 4.79 Å². The first-order valence-electron chi connectivity index (χ1n) is 11.9. The highest BCUT2D eigenvalue weighted by molar-refractivity contribution is 5.98. The van der Waals surface area contributed by atoms with Crippen molar-refractivity contribution in [1.82, 2.24) is 10.3 Å². The molecule has 1 heterocycles. The lowest BCUT2D eigenvalue weighted by Gasteiger charge is -2.19. The summed E-state index contributed by atoms with van der Waals surface area (Å²) in [6, 6.07) is 19.8. The van der Waals surface area contributed by atoms with Gasteiger partial charge in [0.05, 0.1) is 37.0 Å². The average molecular weight is 487 g/mol. The van der Waals surface area contributed by atoms with Crippen molar-refractivity contribution >= 4 is 22.8 Å². The molecule has 0 fully saturated rings. The predicted molar refractivity (Wildman–Crippen MR) is 139 cm³/mol. The van der Waals surface area contributed by atoms with Gasteiger partial charge >= 0.3 is 5.97 Å². The summed E-state index contributed by atoms with van der Waals surface area (Å²) in [5.41, 5.74) is 4.48. The van der Waals surface area contributed by atoms with Gasteiger partial charge in [-0.15, -0.1) is 0 Å². The van der Waals surface area contributed by atoms with E-state index >= 15 is 0 Å². The Morgan fingerprint density at radius 3 is 2.42 bits per heavy atom. The molecular weight excluding hydrogens is 456 g/mol. The number of para-hydroxylation sites is 1. The van der Waals surface area contributed by atoms with E-state index in [1.54, 1.807) is 36.4 Å². The highest BCUT2D eigenvalue weighted by Gasteiger charge is 2.20. The Morgan fingerprint density at radius 2 is 1.72 bits per heavy atom. The molecule has 4 aromatic rings. The summed E-state index contributed by atoms with van der Waals surface area (Å²) in [7, 11) is 1.34. The molecule has 0 bridgehead atoms. The van der Waals surface area contributed by atoms with Crippen molar-refractivity contribution in [2.75, 3.05) is 13.7 Å². The monoisotopic (exact) mass is 486 g/mol. The molecule has 1 aromatic heterocycles. The quantitative estimate of drug-likeness (QED) is 0.297. The smallest absolute Gasteiger partial charge is 0.337 e. The summed E-state index contributed by atoms with van der Waals surface area (Å²) >= 11 is 0. The molecular formula is C29H30N2O5. The number of fused-ring (bicyclic) bond motifs is 1. The van der Waals surface area contributed by atoms with Crippen LogP contribution >= 0.6 is 0 Å². The lowest BCUT2D eigenvalue weighted by Crippen LogP contribution is -2.39. The normalized spacial score (nSPS) is 11.9. The van der Waals surface area contributed by atoms with Crippen molar-refractivity contribution in [2.45, 2.75) is 32.4 Å². The summed E-state index contributed by atoms with van der Waals surface area (Å²) in [4.78, 5) is 28.4. The molecule has 0 unspecified atom stereocenters. The number of aromatic nitrogens is 1. The molecule has 0 radical (unpaired) electrons. The first kappa shape index (κ1) is 25.0. The van der Waals surface area contributed by atoms with Crippen LogP contribution in [0.15, 0.2) is 72.9 Å². The van der Waals surface area contributed by atoms with Gasteiger partial charge in [-0.3, -0.25) is 4.79 Å². The van der Waals surface area contributed by atoms with E-state index in [0.29, 0.717) is 23.3 Å². The van der Waals surface area contributed by atoms with Crippen molar-refractivity contribution in [1.29, 1.82) is 0 Å². The van der Waals surface area contributed by atoms with Gasteiger partial charge in [0.25, 0.3) is 5.91 Å². The van der Waals surface area contributed by atoms with Crippen molar-refractivity contribution in [3.63, 3.8) is 0 Å². The molecule has 1 atom stereocenters. The molecule has 0 aliphatic heterocycles. The van der Waals surface area contributed by atoms with E-state index in [1.165, 1.54) is 7.11 Å². The van der Waals surface area contributed by atoms with Crippen LogP contribution in [0.1, 0.15) is 40.1 Å². The highest BCUT2D eigenvalue weighted by Crippen LogP contribution is 2.28. The van der Waals surface area contributed by atoms with Crippen LogP contribution in [-0.2, 0) is 11.2 Å². The molecule has 7 nitrogen and oxygen atoms in total. The number of aliphatic hydroxyl groups excluding tert-OH is 1. The van der Waals surface area contributed by atoms with Crippen LogP contribution in [0.25, 0.3) is 22.0 Å². The van der Waals surface area contributed by atoms with Gasteiger partial charge in [-0.2, -0.15) is 0 Å². The van der Waals surface area contributed by atoms with Crippen LogP contribution in [0.5, 0.6) is 5.75 Å². The number of nitrogens with one attached hydrogen (secondary N) is 2. The Morgan fingerprint density at radius 1 is 1.00 bits per heavy atom. The predicted octanol–water partition coefficient (Wildman–Crippen LogP) is 4.74. The number of esters is 1. The summed E-state index contributed by atoms with van der Waals surface area (Å²) in [5, 5.41) is 14.1. The molecule has 0 saturated carbocycles. The summed E-state index contributed by atoms with van der Waals surface area (Å²) in [5.74, 6) is -0.286. The van der Waals surface area contributed by atoms with E-state index in [2.05, 4.69) is 10.3 Å². The fourth-order valence-electron chi connectivity index (χ4n) is 4.15. The lowest BCUT2D eigenvalue weighted by molar-refractivity contribution is 0.0600. The average Bonchev–Trinajstić information content (AvgIpc) is 3.30. The van der Waals surface area contributed by atoms with Gasteiger partial charge < -0.3 is 24.9 Å². The molecule has 186 valence electrons. The number of hydrogen-bond acceptors (Lipinski definition) is 5. The second-order valence-corrected chi connectivity index (χ2v) is 8.86. The van der Waals surface area contributed by atoms with E-state index in [4.69, 9.17) is 9.47 Å². The van der Waals surface area contributed by atoms with Crippen LogP contribution in [0.3, 0.4) is 0 Å². The molecule has 3 N–H and O–H groups in total. The minimum absolute atomic E-state index is 0.124. The standard InChI is InChI=1S/C29H30N2O5/c1-18(2)36-27-13-12-21(19-8-10-20(11-9-19)29(34)35-3)15-25(27)28(33)31-23(17-32)14-22-16-30-26-7-5-4-6-24(22)26/h4-13,15-16,18,23,30,32H,14,17H2,1-3H3,(H,31,33)/t23-/m1/s1. The zero-order valence-electron chi connectivity index (χ0n) is 20.6. The van der Waals surface area contributed by atoms with Gasteiger partial charge in [0.2, 0.25) is 0 Å². The molecule has 0 saturated heterocycles. The number of carbonyl (C=O) groups excluding carboxylic acids is 2. The summed E-state index contributed by atoms with van der Waals surface area (Å²) < 4.78 is 10.7. The van der Waals surface area contributed by atoms with Crippen molar-refractivity contribution < 1.29 is 24.2 Å². The van der Waals surface area contributed by atoms with E-state index in [9.17, 15) is 14.7 Å². The van der Waals surface area contributed by atoms with Crippen LogP contribution in [0, 0.1) is 0 Å². The molecule has 3 aromatic carbocycles. The molecule has 0 aliphatic carbocycles. The van der Waals surface area contributed by atoms with Crippen LogP contribution in [0.4, 0.5) is 0 Å². The number of rotatable bonds is 9. The zero-order valence-corrected chi connectivity index (χ0v) is 20.6. The Kier molecular flexibility index (Phi) is 7.71. The maximum absolute atomic E-state index is 13.4. The Bertz CT molecular complexity index is 1360.